The lowest BCUT2D eigenvalue weighted by molar-refractivity contribution is 0.363. The molecule has 0 radical (unpaired) electrons. The van der Waals surface area contributed by atoms with Crippen LogP contribution in [-0.2, 0) is 0 Å². The average Bonchev–Trinajstić information content (AvgIpc) is 2.53. The zero-order chi connectivity index (χ0) is 10.8. The molecule has 0 N–H and O–H groups in total. The summed E-state index contributed by atoms with van der Waals surface area (Å²) in [7, 11) is 0. The Morgan fingerprint density at radius 1 is 0.250 bits per heavy atom. The van der Waals surface area contributed by atoms with Crippen LogP contribution in [0.25, 0.3) is 0 Å². The van der Waals surface area contributed by atoms with Gasteiger partial charge in [0, 0.05) is 0 Å². The molecule has 0 atom stereocenters. The lowest BCUT2D eigenvalue weighted by Crippen LogP contribution is -2.02. The SMILES string of the molecule is C1CC2CCC3CCC1CCC(CC2)CC3. The molecule has 4 saturated carbocycles. The van der Waals surface area contributed by atoms with Gasteiger partial charge in [0.2, 0.25) is 0 Å². The van der Waals surface area contributed by atoms with Crippen LogP contribution in [0.15, 0.2) is 0 Å². The van der Waals surface area contributed by atoms with Gasteiger partial charge in [-0.3, -0.25) is 0 Å². The Labute approximate surface area is 101 Å². The van der Waals surface area contributed by atoms with Crippen LogP contribution in [-0.4, -0.2) is 0 Å². The average molecular weight is 220 g/mol. The van der Waals surface area contributed by atoms with Gasteiger partial charge in [0.15, 0.2) is 0 Å². The van der Waals surface area contributed by atoms with Crippen molar-refractivity contribution in [3.63, 3.8) is 0 Å². The monoisotopic (exact) mass is 220 g/mol. The largest absolute Gasteiger partial charge is 0.0502 e. The molecule has 0 heteroatoms. The minimum atomic E-state index is 1.11. The molecule has 0 nitrogen and oxygen atoms in total. The highest BCUT2D eigenvalue weighted by molar-refractivity contribution is 4.79. The molecular weight excluding hydrogens is 192 g/mol. The quantitative estimate of drug-likeness (QED) is 0.528. The normalized spacial score (nSPS) is 45.0. The highest BCUT2D eigenvalue weighted by Gasteiger charge is 2.27. The van der Waals surface area contributed by atoms with E-state index in [4.69, 9.17) is 0 Å². The molecular formula is C16H28. The summed E-state index contributed by atoms with van der Waals surface area (Å²) in [6, 6.07) is 0. The zero-order valence-corrected chi connectivity index (χ0v) is 10.8. The first-order chi connectivity index (χ1) is 7.90. The molecule has 0 heterocycles. The van der Waals surface area contributed by atoms with E-state index in [1.807, 2.05) is 0 Å². The summed E-state index contributed by atoms with van der Waals surface area (Å²) >= 11 is 0. The van der Waals surface area contributed by atoms with Gasteiger partial charge >= 0.3 is 0 Å². The van der Waals surface area contributed by atoms with E-state index in [-0.39, 0.29) is 0 Å². The number of rotatable bonds is 0. The molecule has 0 unspecified atom stereocenters. The van der Waals surface area contributed by atoms with Crippen molar-refractivity contribution in [2.75, 3.05) is 0 Å². The molecule has 0 aromatic rings. The molecule has 0 saturated heterocycles. The second kappa shape index (κ2) is 5.10. The summed E-state index contributed by atoms with van der Waals surface area (Å²) in [6.07, 6.45) is 18.9. The van der Waals surface area contributed by atoms with Crippen molar-refractivity contribution in [2.24, 2.45) is 23.7 Å². The fraction of sp³-hybridized carbons (Fsp3) is 1.00. The maximum Gasteiger partial charge on any atom is -0.0414 e. The number of hydrogen-bond donors (Lipinski definition) is 0. The van der Waals surface area contributed by atoms with Gasteiger partial charge in [0.25, 0.3) is 0 Å². The highest BCUT2D eigenvalue weighted by Crippen LogP contribution is 2.41. The molecule has 16 heavy (non-hydrogen) atoms. The van der Waals surface area contributed by atoms with Crippen molar-refractivity contribution in [3.05, 3.63) is 0 Å². The maximum absolute atomic E-state index is 1.57. The van der Waals surface area contributed by atoms with E-state index in [9.17, 15) is 0 Å². The second-order valence-corrected chi connectivity index (χ2v) is 6.93. The first-order valence-corrected chi connectivity index (χ1v) is 7.90. The van der Waals surface area contributed by atoms with Crippen LogP contribution in [0.3, 0.4) is 0 Å². The Hall–Kier alpha value is 0. The van der Waals surface area contributed by atoms with Crippen LogP contribution < -0.4 is 0 Å². The van der Waals surface area contributed by atoms with Crippen molar-refractivity contribution in [3.8, 4) is 0 Å². The van der Waals surface area contributed by atoms with Crippen LogP contribution >= 0.6 is 0 Å². The molecule has 4 aliphatic carbocycles. The van der Waals surface area contributed by atoms with Crippen molar-refractivity contribution in [1.82, 2.24) is 0 Å². The third kappa shape index (κ3) is 2.63. The Balaban J connectivity index is 1.82. The lowest BCUT2D eigenvalue weighted by atomic mass is 9.90. The molecule has 0 aromatic carbocycles. The van der Waals surface area contributed by atoms with Gasteiger partial charge in [0.1, 0.15) is 0 Å². The lowest BCUT2D eigenvalue weighted by Gasteiger charge is -2.16. The van der Waals surface area contributed by atoms with Crippen LogP contribution in [0.5, 0.6) is 0 Å². The molecule has 0 spiro atoms. The molecule has 0 aliphatic heterocycles. The first kappa shape index (κ1) is 11.1. The van der Waals surface area contributed by atoms with E-state index < -0.39 is 0 Å². The number of fused-ring (bicyclic) bond motifs is 6. The summed E-state index contributed by atoms with van der Waals surface area (Å²) in [5.41, 5.74) is 0. The molecule has 4 bridgehead atoms. The van der Waals surface area contributed by atoms with E-state index in [0.29, 0.717) is 0 Å². The fourth-order valence-corrected chi connectivity index (χ4v) is 4.56. The Kier molecular flexibility index (Phi) is 3.54. The summed E-state index contributed by atoms with van der Waals surface area (Å²) in [5.74, 6) is 4.45. The molecule has 4 fully saturated rings. The maximum atomic E-state index is 1.57. The molecule has 92 valence electrons. The second-order valence-electron chi connectivity index (χ2n) is 6.93. The van der Waals surface area contributed by atoms with E-state index in [1.165, 1.54) is 0 Å². The molecule has 4 rings (SSSR count). The number of hydrogen-bond acceptors (Lipinski definition) is 0. The summed E-state index contributed by atoms with van der Waals surface area (Å²) < 4.78 is 0. The first-order valence-electron chi connectivity index (χ1n) is 7.90. The Morgan fingerprint density at radius 2 is 0.375 bits per heavy atom. The van der Waals surface area contributed by atoms with Crippen LogP contribution in [0, 0.1) is 23.7 Å². The Bertz CT molecular complexity index is 134. The van der Waals surface area contributed by atoms with Gasteiger partial charge in [0.05, 0.1) is 0 Å². The van der Waals surface area contributed by atoms with Crippen LogP contribution in [0.2, 0.25) is 0 Å². The van der Waals surface area contributed by atoms with Crippen molar-refractivity contribution < 1.29 is 0 Å². The molecule has 0 aromatic heterocycles. The minimum absolute atomic E-state index is 1.11. The third-order valence-corrected chi connectivity index (χ3v) is 5.90. The standard InChI is InChI=1S/C16H28/c1-2-14-7-9-15-5-3-13(1)4-6-16(10-8-14)12-11-15/h13-16H,1-12H2. The van der Waals surface area contributed by atoms with Crippen LogP contribution in [0.1, 0.15) is 77.0 Å². The van der Waals surface area contributed by atoms with Gasteiger partial charge < -0.3 is 0 Å². The predicted molar refractivity (Wildman–Crippen MR) is 69.4 cm³/mol. The van der Waals surface area contributed by atoms with Crippen molar-refractivity contribution in [1.29, 1.82) is 0 Å². The van der Waals surface area contributed by atoms with Gasteiger partial charge in [-0.2, -0.15) is 0 Å². The van der Waals surface area contributed by atoms with Crippen molar-refractivity contribution in [2.45, 2.75) is 77.0 Å². The molecule has 0 amide bonds. The smallest absolute Gasteiger partial charge is 0.0414 e. The van der Waals surface area contributed by atoms with Gasteiger partial charge in [-0.1, -0.05) is 77.0 Å². The topological polar surface area (TPSA) is 0 Å². The minimum Gasteiger partial charge on any atom is -0.0502 e. The van der Waals surface area contributed by atoms with E-state index in [2.05, 4.69) is 0 Å². The third-order valence-electron chi connectivity index (χ3n) is 5.90. The summed E-state index contributed by atoms with van der Waals surface area (Å²) in [4.78, 5) is 0. The van der Waals surface area contributed by atoms with Crippen molar-refractivity contribution >= 4 is 0 Å². The molecule has 4 aliphatic rings. The van der Waals surface area contributed by atoms with Gasteiger partial charge in [-0.15, -0.1) is 0 Å². The summed E-state index contributed by atoms with van der Waals surface area (Å²) in [6.45, 7) is 0. The fourth-order valence-electron chi connectivity index (χ4n) is 4.56. The van der Waals surface area contributed by atoms with Gasteiger partial charge in [-0.05, 0) is 23.7 Å². The van der Waals surface area contributed by atoms with E-state index >= 15 is 0 Å². The van der Waals surface area contributed by atoms with Crippen LogP contribution in [0.4, 0.5) is 0 Å². The zero-order valence-electron chi connectivity index (χ0n) is 10.8. The highest BCUT2D eigenvalue weighted by atomic mass is 14.3. The van der Waals surface area contributed by atoms with Gasteiger partial charge in [-0.25, -0.2) is 0 Å². The Morgan fingerprint density at radius 3 is 0.500 bits per heavy atom. The van der Waals surface area contributed by atoms with E-state index in [1.54, 1.807) is 77.0 Å². The summed E-state index contributed by atoms with van der Waals surface area (Å²) in [5, 5.41) is 0. The van der Waals surface area contributed by atoms with E-state index in [0.717, 1.165) is 23.7 Å². The predicted octanol–water partition coefficient (Wildman–Crippen LogP) is 5.17.